The summed E-state index contributed by atoms with van der Waals surface area (Å²) >= 11 is 0. The minimum Gasteiger partial charge on any atom is -0.276 e. The number of benzene rings is 1. The third-order valence-electron chi connectivity index (χ3n) is 5.51. The topological polar surface area (TPSA) is 24.7 Å². The monoisotopic (exact) mass is 282 g/mol. The van der Waals surface area contributed by atoms with Crippen LogP contribution < -0.4 is 4.48 Å². The Hall–Kier alpha value is -1.48. The third-order valence-corrected chi connectivity index (χ3v) is 5.51. The fourth-order valence-electron chi connectivity index (χ4n) is 4.22. The summed E-state index contributed by atoms with van der Waals surface area (Å²) in [7, 11) is 2.31. The molecule has 3 heteroatoms. The van der Waals surface area contributed by atoms with Gasteiger partial charge in [0, 0.05) is 12.0 Å². The molecule has 110 valence electrons. The van der Waals surface area contributed by atoms with Gasteiger partial charge in [0.25, 0.3) is 0 Å². The van der Waals surface area contributed by atoms with E-state index < -0.39 is 0 Å². The molecule has 0 saturated heterocycles. The van der Waals surface area contributed by atoms with Crippen LogP contribution in [0.3, 0.4) is 0 Å². The lowest BCUT2D eigenvalue weighted by atomic mass is 9.82. The van der Waals surface area contributed by atoms with Gasteiger partial charge in [0.15, 0.2) is 0 Å². The van der Waals surface area contributed by atoms with Crippen LogP contribution in [0.4, 0.5) is 5.69 Å². The summed E-state index contributed by atoms with van der Waals surface area (Å²) in [6.45, 7) is 2.81. The number of para-hydroxylation sites is 1. The van der Waals surface area contributed by atoms with E-state index in [9.17, 15) is 0 Å². The number of rotatable bonds is 1. The van der Waals surface area contributed by atoms with E-state index in [0.29, 0.717) is 5.92 Å². The molecular weight excluding hydrogens is 258 g/mol. The quantitative estimate of drug-likeness (QED) is 0.705. The summed E-state index contributed by atoms with van der Waals surface area (Å²) in [5.41, 5.74) is 4.16. The first-order chi connectivity index (χ1) is 10.3. The average molecular weight is 282 g/mol. The molecule has 0 N–H and O–H groups in total. The first kappa shape index (κ1) is 13.2. The summed E-state index contributed by atoms with van der Waals surface area (Å²) in [6, 6.07) is 8.91. The van der Waals surface area contributed by atoms with Crippen molar-refractivity contribution in [2.24, 2.45) is 15.9 Å². The molecule has 3 nitrogen and oxygen atoms in total. The number of likely N-dealkylation sites (N-methyl/N-ethyl adjacent to an activating group) is 1. The van der Waals surface area contributed by atoms with Crippen molar-refractivity contribution in [3.05, 3.63) is 29.8 Å². The van der Waals surface area contributed by atoms with Crippen molar-refractivity contribution in [3.8, 4) is 0 Å². The van der Waals surface area contributed by atoms with Gasteiger partial charge in [0.05, 0.1) is 24.9 Å². The van der Waals surface area contributed by atoms with Crippen LogP contribution in [-0.4, -0.2) is 38.2 Å². The smallest absolute Gasteiger partial charge is 0.225 e. The molecule has 0 radical (unpaired) electrons. The number of aliphatic imine (C=N–C) groups is 2. The molecule has 1 aromatic carbocycles. The van der Waals surface area contributed by atoms with E-state index in [0.717, 1.165) is 24.1 Å². The van der Waals surface area contributed by atoms with Gasteiger partial charge in [-0.05, 0) is 18.9 Å². The van der Waals surface area contributed by atoms with E-state index in [1.165, 1.54) is 54.9 Å². The first-order valence-corrected chi connectivity index (χ1v) is 8.33. The van der Waals surface area contributed by atoms with Crippen molar-refractivity contribution in [2.75, 3.05) is 26.7 Å². The summed E-state index contributed by atoms with van der Waals surface area (Å²) in [5, 5.41) is 0. The molecule has 3 aliphatic rings. The second kappa shape index (κ2) is 5.06. The van der Waals surface area contributed by atoms with Crippen LogP contribution in [-0.2, 0) is 0 Å². The standard InChI is InChI=1S/C18H24N3/c1-21-12-11-19-17(21)13-20-18(14-7-3-2-4-8-14)15-9-5-6-10-16(15)21/h5-6,9-10,14H,2-4,7-8,11-13H2,1H3/q+1. The van der Waals surface area contributed by atoms with E-state index >= 15 is 0 Å². The molecule has 1 fully saturated rings. The fraction of sp³-hybridized carbons (Fsp3) is 0.556. The van der Waals surface area contributed by atoms with Crippen LogP contribution in [0.15, 0.2) is 34.3 Å². The predicted octanol–water partition coefficient (Wildman–Crippen LogP) is 3.42. The molecular formula is C18H24N3+. The van der Waals surface area contributed by atoms with Crippen LogP contribution in [0, 0.1) is 5.92 Å². The summed E-state index contributed by atoms with van der Waals surface area (Å²) in [6.07, 6.45) is 6.73. The van der Waals surface area contributed by atoms with Gasteiger partial charge >= 0.3 is 0 Å². The Labute approximate surface area is 127 Å². The summed E-state index contributed by atoms with van der Waals surface area (Å²) < 4.78 is 0.871. The highest BCUT2D eigenvalue weighted by atomic mass is 15.4. The molecule has 0 bridgehead atoms. The van der Waals surface area contributed by atoms with E-state index in [4.69, 9.17) is 9.98 Å². The number of hydrogen-bond donors (Lipinski definition) is 0. The van der Waals surface area contributed by atoms with Gasteiger partial charge in [-0.3, -0.25) is 4.99 Å². The average Bonchev–Trinajstić information content (AvgIpc) is 2.86. The van der Waals surface area contributed by atoms with E-state index in [1.54, 1.807) is 0 Å². The van der Waals surface area contributed by atoms with Gasteiger partial charge in [0.1, 0.15) is 18.8 Å². The SMILES string of the molecule is C[N+]12CCN=C1CN=C(C1CCCCC1)c1ccccc12. The molecule has 2 aliphatic heterocycles. The van der Waals surface area contributed by atoms with E-state index in [1.807, 2.05) is 0 Å². The minimum absolute atomic E-state index is 0.659. The van der Waals surface area contributed by atoms with Gasteiger partial charge in [-0.2, -0.15) is 0 Å². The maximum absolute atomic E-state index is 5.05. The Morgan fingerprint density at radius 3 is 2.71 bits per heavy atom. The van der Waals surface area contributed by atoms with Crippen molar-refractivity contribution in [3.63, 3.8) is 0 Å². The second-order valence-electron chi connectivity index (χ2n) is 6.77. The summed E-state index contributed by atoms with van der Waals surface area (Å²) in [4.78, 5) is 9.80. The van der Waals surface area contributed by atoms with Crippen LogP contribution in [0.25, 0.3) is 0 Å². The number of nitrogens with zero attached hydrogens (tertiary/aromatic N) is 3. The maximum Gasteiger partial charge on any atom is 0.225 e. The molecule has 1 aliphatic carbocycles. The molecule has 1 unspecified atom stereocenters. The second-order valence-corrected chi connectivity index (χ2v) is 6.77. The van der Waals surface area contributed by atoms with Crippen LogP contribution in [0.1, 0.15) is 37.7 Å². The zero-order chi connectivity index (χ0) is 14.3. The third kappa shape index (κ3) is 2.06. The number of hydrogen-bond acceptors (Lipinski definition) is 2. The van der Waals surface area contributed by atoms with Gasteiger partial charge < -0.3 is 0 Å². The molecule has 2 heterocycles. The molecule has 0 amide bonds. The highest BCUT2D eigenvalue weighted by Gasteiger charge is 2.41. The van der Waals surface area contributed by atoms with Gasteiger partial charge in [0.2, 0.25) is 5.84 Å². The van der Waals surface area contributed by atoms with Crippen LogP contribution >= 0.6 is 0 Å². The van der Waals surface area contributed by atoms with Crippen molar-refractivity contribution in [2.45, 2.75) is 32.1 Å². The Balaban J connectivity index is 1.83. The maximum atomic E-state index is 5.05. The highest BCUT2D eigenvalue weighted by Crippen LogP contribution is 2.36. The van der Waals surface area contributed by atoms with Crippen LogP contribution in [0.5, 0.6) is 0 Å². The van der Waals surface area contributed by atoms with Crippen LogP contribution in [0.2, 0.25) is 0 Å². The Bertz CT molecular complexity index is 611. The highest BCUT2D eigenvalue weighted by molar-refractivity contribution is 6.12. The molecule has 1 saturated carbocycles. The molecule has 21 heavy (non-hydrogen) atoms. The van der Waals surface area contributed by atoms with Gasteiger partial charge in [-0.1, -0.05) is 31.4 Å². The Kier molecular flexibility index (Phi) is 3.18. The first-order valence-electron chi connectivity index (χ1n) is 8.33. The molecule has 1 aromatic rings. The number of fused-ring (bicyclic) bond motifs is 3. The Morgan fingerprint density at radius 2 is 1.86 bits per heavy atom. The molecule has 4 rings (SSSR count). The van der Waals surface area contributed by atoms with Crippen molar-refractivity contribution in [1.82, 2.24) is 4.48 Å². The number of quaternary nitrogens is 1. The normalized spacial score (nSPS) is 29.2. The van der Waals surface area contributed by atoms with Crippen molar-refractivity contribution in [1.29, 1.82) is 0 Å². The molecule has 1 atom stereocenters. The lowest BCUT2D eigenvalue weighted by Crippen LogP contribution is -2.49. The zero-order valence-corrected chi connectivity index (χ0v) is 12.9. The lowest BCUT2D eigenvalue weighted by Gasteiger charge is -2.30. The van der Waals surface area contributed by atoms with Crippen molar-refractivity contribution < 1.29 is 0 Å². The summed E-state index contributed by atoms with van der Waals surface area (Å²) in [5.74, 6) is 1.90. The van der Waals surface area contributed by atoms with E-state index in [2.05, 4.69) is 31.3 Å². The largest absolute Gasteiger partial charge is 0.276 e. The zero-order valence-electron chi connectivity index (χ0n) is 12.9. The lowest BCUT2D eigenvalue weighted by molar-refractivity contribution is 0.439. The molecule has 0 aromatic heterocycles. The number of amidine groups is 1. The Morgan fingerprint density at radius 1 is 1.05 bits per heavy atom. The van der Waals surface area contributed by atoms with Gasteiger partial charge in [-0.25, -0.2) is 9.48 Å². The fourth-order valence-corrected chi connectivity index (χ4v) is 4.22. The molecule has 0 spiro atoms. The predicted molar refractivity (Wildman–Crippen MR) is 89.3 cm³/mol. The van der Waals surface area contributed by atoms with Crippen molar-refractivity contribution >= 4 is 17.2 Å². The van der Waals surface area contributed by atoms with E-state index in [-0.39, 0.29) is 0 Å². The van der Waals surface area contributed by atoms with Gasteiger partial charge in [-0.15, -0.1) is 0 Å². The minimum atomic E-state index is 0.659.